The molecule has 2 heterocycles. The van der Waals surface area contributed by atoms with Gasteiger partial charge in [0.05, 0.1) is 23.4 Å². The molecule has 0 aliphatic carbocycles. The summed E-state index contributed by atoms with van der Waals surface area (Å²) in [7, 11) is 3.14. The summed E-state index contributed by atoms with van der Waals surface area (Å²) < 4.78 is 24.8. The molecule has 1 aromatic rings. The maximum atomic E-state index is 11.4. The SMILES string of the molecule is CN(C)c1ncc(CNCC2CCS(=O)(=O)C2)n1C. The maximum absolute atomic E-state index is 11.4. The lowest BCUT2D eigenvalue weighted by Gasteiger charge is -2.13. The van der Waals surface area contributed by atoms with Crippen molar-refractivity contribution in [2.45, 2.75) is 13.0 Å². The van der Waals surface area contributed by atoms with Crippen LogP contribution in [0.1, 0.15) is 12.1 Å². The minimum Gasteiger partial charge on any atom is -0.348 e. The monoisotopic (exact) mass is 286 g/mol. The topological polar surface area (TPSA) is 67.2 Å². The van der Waals surface area contributed by atoms with Crippen molar-refractivity contribution in [3.05, 3.63) is 11.9 Å². The normalized spacial score (nSPS) is 21.7. The van der Waals surface area contributed by atoms with Crippen molar-refractivity contribution in [1.29, 1.82) is 0 Å². The molecule has 19 heavy (non-hydrogen) atoms. The average molecular weight is 286 g/mol. The van der Waals surface area contributed by atoms with E-state index in [0.29, 0.717) is 18.1 Å². The Bertz CT molecular complexity index is 536. The summed E-state index contributed by atoms with van der Waals surface area (Å²) >= 11 is 0. The molecule has 7 heteroatoms. The fourth-order valence-electron chi connectivity index (χ4n) is 2.45. The zero-order chi connectivity index (χ0) is 14.0. The Hall–Kier alpha value is -1.08. The molecule has 1 aromatic heterocycles. The molecule has 1 aliphatic heterocycles. The van der Waals surface area contributed by atoms with Crippen molar-refractivity contribution >= 4 is 15.8 Å². The Balaban J connectivity index is 1.83. The zero-order valence-electron chi connectivity index (χ0n) is 11.8. The quantitative estimate of drug-likeness (QED) is 0.826. The van der Waals surface area contributed by atoms with Crippen LogP contribution in [0.2, 0.25) is 0 Å². The van der Waals surface area contributed by atoms with Crippen LogP contribution in [-0.4, -0.2) is 50.1 Å². The summed E-state index contributed by atoms with van der Waals surface area (Å²) in [5, 5.41) is 3.33. The molecule has 0 bridgehead atoms. The number of nitrogens with zero attached hydrogens (tertiary/aromatic N) is 3. The van der Waals surface area contributed by atoms with E-state index in [1.54, 1.807) is 0 Å². The van der Waals surface area contributed by atoms with Crippen LogP contribution in [0.3, 0.4) is 0 Å². The summed E-state index contributed by atoms with van der Waals surface area (Å²) in [5.74, 6) is 1.84. The molecular weight excluding hydrogens is 264 g/mol. The van der Waals surface area contributed by atoms with Crippen molar-refractivity contribution in [2.24, 2.45) is 13.0 Å². The largest absolute Gasteiger partial charge is 0.348 e. The summed E-state index contributed by atoms with van der Waals surface area (Å²) in [6.45, 7) is 1.47. The van der Waals surface area contributed by atoms with Crippen LogP contribution in [0.5, 0.6) is 0 Å². The van der Waals surface area contributed by atoms with Crippen LogP contribution < -0.4 is 10.2 Å². The van der Waals surface area contributed by atoms with Crippen LogP contribution in [0.4, 0.5) is 5.95 Å². The molecule has 1 saturated heterocycles. The van der Waals surface area contributed by atoms with Gasteiger partial charge in [0, 0.05) is 27.7 Å². The van der Waals surface area contributed by atoms with Crippen molar-refractivity contribution in [2.75, 3.05) is 37.0 Å². The summed E-state index contributed by atoms with van der Waals surface area (Å²) in [5.41, 5.74) is 1.10. The molecule has 6 nitrogen and oxygen atoms in total. The fraction of sp³-hybridized carbons (Fsp3) is 0.750. The standard InChI is InChI=1S/C12H22N4O2S/c1-15(2)12-14-8-11(16(12)3)7-13-6-10-4-5-19(17,18)9-10/h8,10,13H,4-7,9H2,1-3H3. The first-order chi connectivity index (χ1) is 8.89. The van der Waals surface area contributed by atoms with E-state index < -0.39 is 9.84 Å². The Labute approximate surface area is 114 Å². The van der Waals surface area contributed by atoms with Crippen LogP contribution in [-0.2, 0) is 23.4 Å². The number of sulfone groups is 1. The number of anilines is 1. The predicted molar refractivity (Wildman–Crippen MR) is 76.0 cm³/mol. The van der Waals surface area contributed by atoms with Crippen molar-refractivity contribution < 1.29 is 8.42 Å². The number of aromatic nitrogens is 2. The molecule has 0 radical (unpaired) electrons. The lowest BCUT2D eigenvalue weighted by Crippen LogP contribution is -2.24. The van der Waals surface area contributed by atoms with E-state index in [0.717, 1.165) is 24.6 Å². The van der Waals surface area contributed by atoms with Gasteiger partial charge >= 0.3 is 0 Å². The molecule has 1 atom stereocenters. The third-order valence-electron chi connectivity index (χ3n) is 3.53. The first kappa shape index (κ1) is 14.3. The van der Waals surface area contributed by atoms with E-state index >= 15 is 0 Å². The van der Waals surface area contributed by atoms with E-state index in [2.05, 4.69) is 10.3 Å². The highest BCUT2D eigenvalue weighted by Crippen LogP contribution is 2.17. The lowest BCUT2D eigenvalue weighted by molar-refractivity contribution is 0.514. The van der Waals surface area contributed by atoms with Gasteiger partial charge in [0.1, 0.15) is 0 Å². The van der Waals surface area contributed by atoms with Crippen molar-refractivity contribution in [3.63, 3.8) is 0 Å². The van der Waals surface area contributed by atoms with Crippen LogP contribution in [0.15, 0.2) is 6.20 Å². The van der Waals surface area contributed by atoms with Gasteiger partial charge in [-0.1, -0.05) is 0 Å². The summed E-state index contributed by atoms with van der Waals surface area (Å²) in [6, 6.07) is 0. The zero-order valence-corrected chi connectivity index (χ0v) is 12.6. The van der Waals surface area contributed by atoms with E-state index in [1.807, 2.05) is 36.8 Å². The van der Waals surface area contributed by atoms with E-state index in [4.69, 9.17) is 0 Å². The fourth-order valence-corrected chi connectivity index (χ4v) is 4.31. The van der Waals surface area contributed by atoms with E-state index in [-0.39, 0.29) is 5.92 Å². The number of hydrogen-bond acceptors (Lipinski definition) is 5. The molecule has 1 unspecified atom stereocenters. The first-order valence-corrected chi connectivity index (χ1v) is 8.30. The molecule has 1 N–H and O–H groups in total. The molecule has 108 valence electrons. The number of nitrogens with one attached hydrogen (secondary N) is 1. The molecule has 0 aromatic carbocycles. The van der Waals surface area contributed by atoms with Crippen LogP contribution >= 0.6 is 0 Å². The number of rotatable bonds is 5. The summed E-state index contributed by atoms with van der Waals surface area (Å²) in [6.07, 6.45) is 2.64. The highest BCUT2D eigenvalue weighted by atomic mass is 32.2. The van der Waals surface area contributed by atoms with Gasteiger partial charge in [0.2, 0.25) is 5.95 Å². The Kier molecular flexibility index (Phi) is 4.15. The van der Waals surface area contributed by atoms with Gasteiger partial charge in [0.25, 0.3) is 0 Å². The van der Waals surface area contributed by atoms with Crippen molar-refractivity contribution in [3.8, 4) is 0 Å². The van der Waals surface area contributed by atoms with Gasteiger partial charge in [-0.15, -0.1) is 0 Å². The molecule has 1 aliphatic rings. The molecule has 0 amide bonds. The van der Waals surface area contributed by atoms with Crippen LogP contribution in [0, 0.1) is 5.92 Å². The molecule has 0 spiro atoms. The average Bonchev–Trinajstić information content (AvgIpc) is 2.83. The minimum absolute atomic E-state index is 0.256. The number of hydrogen-bond donors (Lipinski definition) is 1. The molecular formula is C12H22N4O2S. The van der Waals surface area contributed by atoms with Gasteiger partial charge in [-0.25, -0.2) is 13.4 Å². The second-order valence-electron chi connectivity index (χ2n) is 5.40. The Morgan fingerprint density at radius 3 is 2.79 bits per heavy atom. The molecule has 1 fully saturated rings. The summed E-state index contributed by atoms with van der Waals surface area (Å²) in [4.78, 5) is 6.31. The van der Waals surface area contributed by atoms with E-state index in [9.17, 15) is 8.42 Å². The smallest absolute Gasteiger partial charge is 0.204 e. The first-order valence-electron chi connectivity index (χ1n) is 6.48. The minimum atomic E-state index is -2.77. The van der Waals surface area contributed by atoms with Crippen LogP contribution in [0.25, 0.3) is 0 Å². The molecule has 0 saturated carbocycles. The highest BCUT2D eigenvalue weighted by molar-refractivity contribution is 7.91. The van der Waals surface area contributed by atoms with Gasteiger partial charge in [-0.3, -0.25) is 0 Å². The van der Waals surface area contributed by atoms with Gasteiger partial charge in [0.15, 0.2) is 9.84 Å². The Morgan fingerprint density at radius 1 is 1.53 bits per heavy atom. The Morgan fingerprint density at radius 2 is 2.26 bits per heavy atom. The second-order valence-corrected chi connectivity index (χ2v) is 7.63. The van der Waals surface area contributed by atoms with Gasteiger partial charge in [-0.05, 0) is 18.9 Å². The second kappa shape index (κ2) is 5.50. The maximum Gasteiger partial charge on any atom is 0.204 e. The highest BCUT2D eigenvalue weighted by Gasteiger charge is 2.27. The third-order valence-corrected chi connectivity index (χ3v) is 5.36. The third kappa shape index (κ3) is 3.48. The number of imidazole rings is 1. The lowest BCUT2D eigenvalue weighted by atomic mass is 10.1. The van der Waals surface area contributed by atoms with Gasteiger partial charge in [-0.2, -0.15) is 0 Å². The van der Waals surface area contributed by atoms with Gasteiger partial charge < -0.3 is 14.8 Å². The molecule has 2 rings (SSSR count). The van der Waals surface area contributed by atoms with E-state index in [1.165, 1.54) is 0 Å². The van der Waals surface area contributed by atoms with Crippen molar-refractivity contribution in [1.82, 2.24) is 14.9 Å². The predicted octanol–water partition coefficient (Wildman–Crippen LogP) is 0.0104.